The lowest BCUT2D eigenvalue weighted by atomic mass is 9.77. The molecule has 0 aliphatic heterocycles. The van der Waals surface area contributed by atoms with E-state index in [1.54, 1.807) is 0 Å². The van der Waals surface area contributed by atoms with E-state index in [1.165, 1.54) is 7.05 Å². The molecule has 1 aliphatic rings. The highest BCUT2D eigenvalue weighted by Crippen LogP contribution is 2.29. The van der Waals surface area contributed by atoms with Gasteiger partial charge in [0.2, 0.25) is 5.91 Å². The number of hydrogen-bond acceptors (Lipinski definition) is 2. The molecule has 0 aromatic carbocycles. The van der Waals surface area contributed by atoms with Crippen LogP contribution in [0.5, 0.6) is 0 Å². The van der Waals surface area contributed by atoms with E-state index in [2.05, 4.69) is 0 Å². The fourth-order valence-electron chi connectivity index (χ4n) is 2.31. The van der Waals surface area contributed by atoms with Crippen molar-refractivity contribution in [1.82, 2.24) is 4.90 Å². The van der Waals surface area contributed by atoms with Crippen LogP contribution in [0.1, 0.15) is 26.2 Å². The van der Waals surface area contributed by atoms with Gasteiger partial charge in [-0.25, -0.2) is 8.78 Å². The zero-order chi connectivity index (χ0) is 12.3. The van der Waals surface area contributed by atoms with Gasteiger partial charge >= 0.3 is 0 Å². The van der Waals surface area contributed by atoms with Gasteiger partial charge in [0, 0.05) is 13.1 Å². The fraction of sp³-hybridized carbons (Fsp3) is 0.909. The van der Waals surface area contributed by atoms with E-state index in [1.807, 2.05) is 6.92 Å². The van der Waals surface area contributed by atoms with Gasteiger partial charge in [-0.1, -0.05) is 13.3 Å². The Morgan fingerprint density at radius 3 is 2.69 bits per heavy atom. The third-order valence-electron chi connectivity index (χ3n) is 3.40. The highest BCUT2D eigenvalue weighted by molar-refractivity contribution is 5.79. The first-order valence-electron chi connectivity index (χ1n) is 5.72. The molecule has 1 rings (SSSR count). The summed E-state index contributed by atoms with van der Waals surface area (Å²) in [6.07, 6.45) is 0.209. The largest absolute Gasteiger partial charge is 0.340 e. The summed E-state index contributed by atoms with van der Waals surface area (Å²) in [5, 5.41) is 0. The van der Waals surface area contributed by atoms with Crippen LogP contribution in [-0.4, -0.2) is 36.9 Å². The number of amides is 1. The monoisotopic (exact) mass is 234 g/mol. The van der Waals surface area contributed by atoms with Crippen molar-refractivity contribution < 1.29 is 13.6 Å². The van der Waals surface area contributed by atoms with Gasteiger partial charge in [-0.05, 0) is 18.8 Å². The van der Waals surface area contributed by atoms with Gasteiger partial charge in [-0.2, -0.15) is 0 Å². The normalized spacial score (nSPS) is 30.5. The Morgan fingerprint density at radius 1 is 1.50 bits per heavy atom. The predicted molar refractivity (Wildman–Crippen MR) is 58.1 cm³/mol. The lowest BCUT2D eigenvalue weighted by Crippen LogP contribution is -2.48. The average molecular weight is 234 g/mol. The van der Waals surface area contributed by atoms with Crippen molar-refractivity contribution in [3.05, 3.63) is 0 Å². The Hall–Kier alpha value is -0.710. The lowest BCUT2D eigenvalue weighted by molar-refractivity contribution is -0.138. The molecule has 0 saturated heterocycles. The Bertz CT molecular complexity index is 248. The molecule has 0 radical (unpaired) electrons. The maximum atomic E-state index is 12.2. The standard InChI is InChI=1S/C11H20F2N2O/c1-7-4-3-5-8(10(7)14)11(16)15(2)6-9(12)13/h7-10H,3-6,14H2,1-2H3. The summed E-state index contributed by atoms with van der Waals surface area (Å²) in [5.41, 5.74) is 5.96. The van der Waals surface area contributed by atoms with Crippen LogP contribution >= 0.6 is 0 Å². The van der Waals surface area contributed by atoms with Gasteiger partial charge in [0.1, 0.15) is 0 Å². The molecule has 5 heteroatoms. The lowest BCUT2D eigenvalue weighted by Gasteiger charge is -2.35. The number of nitrogens with zero attached hydrogens (tertiary/aromatic N) is 1. The molecule has 94 valence electrons. The van der Waals surface area contributed by atoms with Crippen LogP contribution in [0.3, 0.4) is 0 Å². The zero-order valence-electron chi connectivity index (χ0n) is 9.83. The maximum Gasteiger partial charge on any atom is 0.255 e. The highest BCUT2D eigenvalue weighted by atomic mass is 19.3. The van der Waals surface area contributed by atoms with Crippen LogP contribution in [0.15, 0.2) is 0 Å². The molecule has 16 heavy (non-hydrogen) atoms. The third kappa shape index (κ3) is 3.14. The van der Waals surface area contributed by atoms with Crippen LogP contribution in [0, 0.1) is 11.8 Å². The fourth-order valence-corrected chi connectivity index (χ4v) is 2.31. The molecule has 1 amide bonds. The molecule has 3 unspecified atom stereocenters. The molecule has 0 aromatic rings. The summed E-state index contributed by atoms with van der Waals surface area (Å²) in [6, 6.07) is -0.193. The Balaban J connectivity index is 2.58. The van der Waals surface area contributed by atoms with Crippen LogP contribution in [0.2, 0.25) is 0 Å². The number of carbonyl (C=O) groups is 1. The first-order chi connectivity index (χ1) is 7.43. The molecule has 1 fully saturated rings. The molecular weight excluding hydrogens is 214 g/mol. The number of alkyl halides is 2. The first-order valence-corrected chi connectivity index (χ1v) is 5.72. The van der Waals surface area contributed by atoms with Crippen molar-refractivity contribution in [2.45, 2.75) is 38.7 Å². The predicted octanol–water partition coefficient (Wildman–Crippen LogP) is 1.47. The number of carbonyl (C=O) groups excluding carboxylic acids is 1. The molecule has 0 aromatic heterocycles. The van der Waals surface area contributed by atoms with Crippen LogP contribution in [-0.2, 0) is 4.79 Å². The van der Waals surface area contributed by atoms with E-state index in [-0.39, 0.29) is 17.9 Å². The van der Waals surface area contributed by atoms with Gasteiger partial charge in [-0.15, -0.1) is 0 Å². The molecule has 1 saturated carbocycles. The molecule has 2 N–H and O–H groups in total. The topological polar surface area (TPSA) is 46.3 Å². The van der Waals surface area contributed by atoms with Gasteiger partial charge in [0.05, 0.1) is 12.5 Å². The molecule has 1 aliphatic carbocycles. The second-order valence-electron chi connectivity index (χ2n) is 4.70. The van der Waals surface area contributed by atoms with E-state index in [4.69, 9.17) is 5.73 Å². The second-order valence-corrected chi connectivity index (χ2v) is 4.70. The minimum Gasteiger partial charge on any atom is -0.340 e. The Morgan fingerprint density at radius 2 is 2.12 bits per heavy atom. The minimum atomic E-state index is -2.48. The average Bonchev–Trinajstić information content (AvgIpc) is 2.20. The maximum absolute atomic E-state index is 12.2. The van der Waals surface area contributed by atoms with Gasteiger partial charge in [-0.3, -0.25) is 4.79 Å². The van der Waals surface area contributed by atoms with Crippen molar-refractivity contribution in [1.29, 1.82) is 0 Å². The van der Waals surface area contributed by atoms with Crippen LogP contribution in [0.25, 0.3) is 0 Å². The molecule has 0 spiro atoms. The van der Waals surface area contributed by atoms with E-state index >= 15 is 0 Å². The molecule has 3 atom stereocenters. The van der Waals surface area contributed by atoms with Gasteiger partial charge in [0.15, 0.2) is 0 Å². The van der Waals surface area contributed by atoms with Crippen molar-refractivity contribution >= 4 is 5.91 Å². The Labute approximate surface area is 95.0 Å². The number of nitrogens with two attached hydrogens (primary N) is 1. The van der Waals surface area contributed by atoms with Gasteiger partial charge < -0.3 is 10.6 Å². The molecular formula is C11H20F2N2O. The SMILES string of the molecule is CC1CCCC(C(=O)N(C)CC(F)F)C1N. The molecule has 3 nitrogen and oxygen atoms in total. The smallest absolute Gasteiger partial charge is 0.255 e. The molecule has 0 heterocycles. The van der Waals surface area contributed by atoms with E-state index < -0.39 is 13.0 Å². The first kappa shape index (κ1) is 13.4. The summed E-state index contributed by atoms with van der Waals surface area (Å²) in [4.78, 5) is 13.0. The number of halogens is 2. The van der Waals surface area contributed by atoms with Crippen molar-refractivity contribution in [3.63, 3.8) is 0 Å². The quantitative estimate of drug-likeness (QED) is 0.804. The van der Waals surface area contributed by atoms with Gasteiger partial charge in [0.25, 0.3) is 6.43 Å². The number of rotatable bonds is 3. The third-order valence-corrected chi connectivity index (χ3v) is 3.40. The van der Waals surface area contributed by atoms with Crippen LogP contribution < -0.4 is 5.73 Å². The minimum absolute atomic E-state index is 0.193. The second kappa shape index (κ2) is 5.57. The molecule has 0 bridgehead atoms. The summed E-state index contributed by atoms with van der Waals surface area (Å²) in [7, 11) is 1.42. The van der Waals surface area contributed by atoms with Crippen molar-refractivity contribution in [2.75, 3.05) is 13.6 Å². The highest BCUT2D eigenvalue weighted by Gasteiger charge is 2.34. The van der Waals surface area contributed by atoms with Crippen molar-refractivity contribution in [2.24, 2.45) is 17.6 Å². The van der Waals surface area contributed by atoms with E-state index in [0.29, 0.717) is 5.92 Å². The number of hydrogen-bond donors (Lipinski definition) is 1. The summed E-state index contributed by atoms with van der Waals surface area (Å²) in [5.74, 6) is -0.227. The zero-order valence-corrected chi connectivity index (χ0v) is 9.83. The summed E-state index contributed by atoms with van der Waals surface area (Å²) in [6.45, 7) is 1.51. The summed E-state index contributed by atoms with van der Waals surface area (Å²) < 4.78 is 24.3. The summed E-state index contributed by atoms with van der Waals surface area (Å²) >= 11 is 0. The van der Waals surface area contributed by atoms with Crippen LogP contribution in [0.4, 0.5) is 8.78 Å². The van der Waals surface area contributed by atoms with Crippen molar-refractivity contribution in [3.8, 4) is 0 Å². The Kier molecular flexibility index (Phi) is 4.65. The van der Waals surface area contributed by atoms with E-state index in [0.717, 1.165) is 24.2 Å². The van der Waals surface area contributed by atoms with E-state index in [9.17, 15) is 13.6 Å².